The average molecular weight is 533 g/mol. The molecule has 1 aromatic rings. The van der Waals surface area contributed by atoms with Gasteiger partial charge in [0.2, 0.25) is 5.91 Å². The van der Waals surface area contributed by atoms with Gasteiger partial charge in [0.05, 0.1) is 20.3 Å². The van der Waals surface area contributed by atoms with Crippen molar-refractivity contribution in [1.29, 1.82) is 0 Å². The highest BCUT2D eigenvalue weighted by molar-refractivity contribution is 14.0. The topological polar surface area (TPSA) is 78.4 Å². The Morgan fingerprint density at radius 1 is 1.13 bits per heavy atom. The average Bonchev–Trinajstić information content (AvgIpc) is 2.73. The Hall–Kier alpha value is -1.59. The number of nitrogens with one attached hydrogen (secondary N) is 2. The number of aryl methyl sites for hydroxylation is 1. The molecule has 0 radical (unpaired) electrons. The van der Waals surface area contributed by atoms with Gasteiger partial charge in [-0.05, 0) is 30.5 Å². The zero-order chi connectivity index (χ0) is 21.1. The summed E-state index contributed by atoms with van der Waals surface area (Å²) >= 11 is 0. The second-order valence-corrected chi connectivity index (χ2v) is 7.13. The molecule has 0 saturated carbocycles. The number of carbonyl (C=O) groups excluding carboxylic acids is 1. The number of piperazine rings is 1. The first-order valence-electron chi connectivity index (χ1n) is 10.1. The van der Waals surface area contributed by atoms with Gasteiger partial charge in [0.15, 0.2) is 5.96 Å². The van der Waals surface area contributed by atoms with Gasteiger partial charge >= 0.3 is 0 Å². The monoisotopic (exact) mass is 533 g/mol. The number of methoxy groups -OCH3 is 2. The lowest BCUT2D eigenvalue weighted by Crippen LogP contribution is -2.54. The Morgan fingerprint density at radius 2 is 1.87 bits per heavy atom. The third kappa shape index (κ3) is 8.65. The molecule has 0 spiro atoms. The summed E-state index contributed by atoms with van der Waals surface area (Å²) in [6.07, 6.45) is 0.900. The molecule has 1 aromatic carbocycles. The zero-order valence-electron chi connectivity index (χ0n) is 18.6. The molecule has 0 atom stereocenters. The van der Waals surface area contributed by atoms with E-state index in [0.29, 0.717) is 19.7 Å². The third-order valence-corrected chi connectivity index (χ3v) is 5.05. The molecule has 2 N–H and O–H groups in total. The molecule has 30 heavy (non-hydrogen) atoms. The van der Waals surface area contributed by atoms with E-state index in [1.165, 1.54) is 5.56 Å². The number of hydrogen-bond donors (Lipinski definition) is 2. The third-order valence-electron chi connectivity index (χ3n) is 5.05. The van der Waals surface area contributed by atoms with Crippen molar-refractivity contribution in [3.05, 3.63) is 29.3 Å². The summed E-state index contributed by atoms with van der Waals surface area (Å²) in [6, 6.07) is 6.32. The maximum absolute atomic E-state index is 11.9. The molecule has 0 bridgehead atoms. The summed E-state index contributed by atoms with van der Waals surface area (Å²) < 4.78 is 10.4. The molecular weight excluding hydrogens is 497 g/mol. The molecule has 0 aromatic heterocycles. The van der Waals surface area contributed by atoms with Gasteiger partial charge in [0, 0.05) is 53.4 Å². The molecule has 2 rings (SSSR count). The largest absolute Gasteiger partial charge is 0.496 e. The predicted molar refractivity (Wildman–Crippen MR) is 131 cm³/mol. The fourth-order valence-corrected chi connectivity index (χ4v) is 3.34. The minimum atomic E-state index is 0. The van der Waals surface area contributed by atoms with Crippen LogP contribution in [0.15, 0.2) is 23.2 Å². The number of ether oxygens (including phenoxy) is 2. The van der Waals surface area contributed by atoms with Gasteiger partial charge in [0.25, 0.3) is 0 Å². The van der Waals surface area contributed by atoms with Gasteiger partial charge in [-0.15, -0.1) is 24.0 Å². The van der Waals surface area contributed by atoms with Crippen molar-refractivity contribution < 1.29 is 14.3 Å². The summed E-state index contributed by atoms with van der Waals surface area (Å²) in [5.41, 5.74) is 2.38. The minimum Gasteiger partial charge on any atom is -0.496 e. The van der Waals surface area contributed by atoms with Crippen LogP contribution in [0.5, 0.6) is 5.75 Å². The lowest BCUT2D eigenvalue weighted by molar-refractivity contribution is -0.122. The maximum atomic E-state index is 11.9. The summed E-state index contributed by atoms with van der Waals surface area (Å²) in [5, 5.41) is 6.32. The number of carbonyl (C=O) groups is 1. The number of amides is 1. The van der Waals surface area contributed by atoms with Crippen molar-refractivity contribution in [2.24, 2.45) is 4.99 Å². The highest BCUT2D eigenvalue weighted by Crippen LogP contribution is 2.19. The first kappa shape index (κ1) is 26.4. The first-order valence-corrected chi connectivity index (χ1v) is 10.1. The van der Waals surface area contributed by atoms with E-state index in [1.54, 1.807) is 14.2 Å². The number of halogens is 1. The van der Waals surface area contributed by atoms with E-state index in [1.807, 2.05) is 14.0 Å². The van der Waals surface area contributed by atoms with E-state index < -0.39 is 0 Å². The van der Waals surface area contributed by atoms with Crippen molar-refractivity contribution in [3.8, 4) is 5.75 Å². The standard InChI is InChI=1S/C21H35N5O3.HI/c1-17-5-6-18(15-19(17)29-4)7-8-24-21(22-2)26-12-10-25(11-13-26)16-20(27)23-9-14-28-3;/h5-6,15H,7-14,16H2,1-4H3,(H,22,24)(H,23,27);1H. The van der Waals surface area contributed by atoms with Gasteiger partial charge in [-0.1, -0.05) is 12.1 Å². The number of hydrogen-bond acceptors (Lipinski definition) is 5. The highest BCUT2D eigenvalue weighted by atomic mass is 127. The molecule has 8 nitrogen and oxygen atoms in total. The van der Waals surface area contributed by atoms with E-state index in [-0.39, 0.29) is 29.9 Å². The summed E-state index contributed by atoms with van der Waals surface area (Å²) in [6.45, 7) is 7.76. The van der Waals surface area contributed by atoms with Gasteiger partial charge in [-0.25, -0.2) is 0 Å². The zero-order valence-corrected chi connectivity index (χ0v) is 20.9. The van der Waals surface area contributed by atoms with Crippen molar-refractivity contribution in [3.63, 3.8) is 0 Å². The molecule has 0 unspecified atom stereocenters. The van der Waals surface area contributed by atoms with Crippen LogP contribution in [0.2, 0.25) is 0 Å². The van der Waals surface area contributed by atoms with Crippen LogP contribution in [0.25, 0.3) is 0 Å². The normalized spacial score (nSPS) is 14.8. The van der Waals surface area contributed by atoms with Gasteiger partial charge in [-0.2, -0.15) is 0 Å². The molecule has 9 heteroatoms. The van der Waals surface area contributed by atoms with Crippen molar-refractivity contribution in [2.75, 3.05) is 73.7 Å². The van der Waals surface area contributed by atoms with Crippen LogP contribution in [0.1, 0.15) is 11.1 Å². The van der Waals surface area contributed by atoms with Crippen LogP contribution < -0.4 is 15.4 Å². The molecule has 1 aliphatic heterocycles. The van der Waals surface area contributed by atoms with Crippen LogP contribution >= 0.6 is 24.0 Å². The summed E-state index contributed by atoms with van der Waals surface area (Å²) in [7, 11) is 5.14. The quantitative estimate of drug-likeness (QED) is 0.215. The molecule has 1 fully saturated rings. The van der Waals surface area contributed by atoms with E-state index in [4.69, 9.17) is 9.47 Å². The summed E-state index contributed by atoms with van der Waals surface area (Å²) in [4.78, 5) is 20.8. The molecule has 1 aliphatic rings. The van der Waals surface area contributed by atoms with Gasteiger partial charge in [-0.3, -0.25) is 14.7 Å². The maximum Gasteiger partial charge on any atom is 0.234 e. The number of aliphatic imine (C=N–C) groups is 1. The molecule has 1 amide bonds. The molecular formula is C21H36IN5O3. The van der Waals surface area contributed by atoms with Crippen LogP contribution in [0.3, 0.4) is 0 Å². The second kappa shape index (κ2) is 14.4. The molecule has 1 saturated heterocycles. The lowest BCUT2D eigenvalue weighted by Gasteiger charge is -2.36. The smallest absolute Gasteiger partial charge is 0.234 e. The molecule has 0 aliphatic carbocycles. The van der Waals surface area contributed by atoms with Crippen LogP contribution in [-0.4, -0.2) is 95.4 Å². The number of guanidine groups is 1. The predicted octanol–water partition coefficient (Wildman–Crippen LogP) is 1.12. The van der Waals surface area contributed by atoms with E-state index in [0.717, 1.165) is 56.4 Å². The van der Waals surface area contributed by atoms with Crippen molar-refractivity contribution >= 4 is 35.8 Å². The Bertz CT molecular complexity index is 679. The second-order valence-electron chi connectivity index (χ2n) is 7.13. The van der Waals surface area contributed by atoms with E-state index in [2.05, 4.69) is 43.6 Å². The first-order chi connectivity index (χ1) is 14.1. The van der Waals surface area contributed by atoms with Gasteiger partial charge in [0.1, 0.15) is 5.75 Å². The Kier molecular flexibility index (Phi) is 12.7. The number of nitrogens with zero attached hydrogens (tertiary/aromatic N) is 3. The van der Waals surface area contributed by atoms with Gasteiger partial charge < -0.3 is 25.0 Å². The van der Waals surface area contributed by atoms with Crippen molar-refractivity contribution in [1.82, 2.24) is 20.4 Å². The van der Waals surface area contributed by atoms with Crippen molar-refractivity contribution in [2.45, 2.75) is 13.3 Å². The van der Waals surface area contributed by atoms with Crippen LogP contribution in [0, 0.1) is 6.92 Å². The van der Waals surface area contributed by atoms with Crippen LogP contribution in [-0.2, 0) is 16.0 Å². The fraction of sp³-hybridized carbons (Fsp3) is 0.619. The van der Waals surface area contributed by atoms with Crippen LogP contribution in [0.4, 0.5) is 0 Å². The van der Waals surface area contributed by atoms with E-state index in [9.17, 15) is 4.79 Å². The highest BCUT2D eigenvalue weighted by Gasteiger charge is 2.20. The fourth-order valence-electron chi connectivity index (χ4n) is 3.34. The molecule has 1 heterocycles. The minimum absolute atomic E-state index is 0. The Morgan fingerprint density at radius 3 is 2.50 bits per heavy atom. The molecule has 170 valence electrons. The number of rotatable bonds is 9. The summed E-state index contributed by atoms with van der Waals surface area (Å²) in [5.74, 6) is 1.88. The number of benzene rings is 1. The SMILES string of the molecule is CN=C(NCCc1ccc(C)c(OC)c1)N1CCN(CC(=O)NCCOC)CC1.I. The lowest BCUT2D eigenvalue weighted by atomic mass is 10.1. The Labute approximate surface area is 197 Å². The Balaban J connectivity index is 0.00000450. The van der Waals surface area contributed by atoms with E-state index >= 15 is 0 Å².